The summed E-state index contributed by atoms with van der Waals surface area (Å²) in [4.78, 5) is 2.12. The van der Waals surface area contributed by atoms with Crippen molar-refractivity contribution in [1.82, 2.24) is 0 Å². The fourth-order valence-corrected chi connectivity index (χ4v) is 5.43. The van der Waals surface area contributed by atoms with E-state index in [0.717, 1.165) is 22.2 Å². The third-order valence-electron chi connectivity index (χ3n) is 4.20. The molecule has 0 radical (unpaired) electrons. The SMILES string of the molecule is Cl[SiH2]c1ccc(N(c2ccc([SiH](Cl)Cl)cc2)c2ccc(C(Cl)(Cl)Cl)cc2)cc1. The Morgan fingerprint density at radius 3 is 1.50 bits per heavy atom. The lowest BCUT2D eigenvalue weighted by molar-refractivity contribution is 1.22. The maximum absolute atomic E-state index is 6.11. The third-order valence-corrected chi connectivity index (χ3v) is 8.97. The first-order valence-electron chi connectivity index (χ1n) is 8.30. The normalized spacial score (nSPS) is 12.1. The zero-order chi connectivity index (χ0) is 20.3. The fourth-order valence-electron chi connectivity index (χ4n) is 2.75. The first kappa shape index (κ1) is 22.3. The Morgan fingerprint density at radius 2 is 1.11 bits per heavy atom. The summed E-state index contributed by atoms with van der Waals surface area (Å²) in [5.41, 5.74) is 3.53. The van der Waals surface area contributed by atoms with Gasteiger partial charge in [-0.1, -0.05) is 71.2 Å². The molecule has 0 heterocycles. The van der Waals surface area contributed by atoms with Crippen LogP contribution in [0.5, 0.6) is 0 Å². The Bertz CT molecular complexity index is 909. The van der Waals surface area contributed by atoms with Gasteiger partial charge in [-0.15, -0.1) is 22.2 Å². The van der Waals surface area contributed by atoms with E-state index >= 15 is 0 Å². The van der Waals surface area contributed by atoms with Gasteiger partial charge < -0.3 is 4.90 Å². The zero-order valence-corrected chi connectivity index (χ0v) is 21.5. The Morgan fingerprint density at radius 1 is 0.679 bits per heavy atom. The average molecular weight is 526 g/mol. The molecular weight excluding hydrogens is 511 g/mol. The molecule has 0 spiro atoms. The van der Waals surface area contributed by atoms with Crippen molar-refractivity contribution in [3.8, 4) is 0 Å². The Labute approximate surface area is 197 Å². The molecule has 146 valence electrons. The van der Waals surface area contributed by atoms with Gasteiger partial charge in [0.1, 0.15) is 0 Å². The molecule has 0 atom stereocenters. The summed E-state index contributed by atoms with van der Waals surface area (Å²) in [5, 5.41) is 2.16. The number of halogens is 6. The molecule has 0 fully saturated rings. The highest BCUT2D eigenvalue weighted by atomic mass is 35.7. The lowest BCUT2D eigenvalue weighted by atomic mass is 10.1. The predicted molar refractivity (Wildman–Crippen MR) is 133 cm³/mol. The minimum atomic E-state index is -1.89. The van der Waals surface area contributed by atoms with Gasteiger partial charge in [-0.05, 0) is 46.8 Å². The minimum absolute atomic E-state index is 0.609. The topological polar surface area (TPSA) is 3.24 Å². The highest BCUT2D eigenvalue weighted by Crippen LogP contribution is 2.40. The predicted octanol–water partition coefficient (Wildman–Crippen LogP) is 5.84. The van der Waals surface area contributed by atoms with Gasteiger partial charge in [-0.3, -0.25) is 0 Å². The van der Waals surface area contributed by atoms with Crippen molar-refractivity contribution in [3.05, 3.63) is 78.4 Å². The van der Waals surface area contributed by atoms with Crippen LogP contribution in [0.15, 0.2) is 72.8 Å². The molecule has 0 unspecified atom stereocenters. The molecule has 9 heteroatoms. The molecule has 0 N–H and O–H groups in total. The number of hydrogen-bond donors (Lipinski definition) is 0. The summed E-state index contributed by atoms with van der Waals surface area (Å²) >= 11 is 36.3. The van der Waals surface area contributed by atoms with Crippen molar-refractivity contribution in [2.75, 3.05) is 4.90 Å². The molecule has 0 saturated carbocycles. The molecule has 0 amide bonds. The lowest BCUT2D eigenvalue weighted by Crippen LogP contribution is -2.19. The summed E-state index contributed by atoms with van der Waals surface area (Å²) in [7, 11) is -2.62. The highest BCUT2D eigenvalue weighted by molar-refractivity contribution is 7.39. The molecule has 0 aliphatic rings. The molecule has 28 heavy (non-hydrogen) atoms. The number of nitrogens with zero attached hydrogens (tertiary/aromatic N) is 1. The van der Waals surface area contributed by atoms with Crippen LogP contribution in [0.2, 0.25) is 0 Å². The highest BCUT2D eigenvalue weighted by Gasteiger charge is 2.23. The molecular formula is C19H15Cl6NSi2. The number of rotatable bonds is 5. The van der Waals surface area contributed by atoms with E-state index in [4.69, 9.17) is 68.0 Å². The second-order valence-electron chi connectivity index (χ2n) is 6.07. The van der Waals surface area contributed by atoms with Crippen LogP contribution in [0.1, 0.15) is 5.56 Å². The summed E-state index contributed by atoms with van der Waals surface area (Å²) in [6.45, 7) is 0. The van der Waals surface area contributed by atoms with Crippen molar-refractivity contribution in [1.29, 1.82) is 0 Å². The monoisotopic (exact) mass is 523 g/mol. The molecule has 0 aliphatic heterocycles. The van der Waals surface area contributed by atoms with Crippen molar-refractivity contribution in [2.24, 2.45) is 0 Å². The van der Waals surface area contributed by atoms with E-state index in [2.05, 4.69) is 29.2 Å². The smallest absolute Gasteiger partial charge is 0.266 e. The van der Waals surface area contributed by atoms with Crippen LogP contribution in [0.25, 0.3) is 0 Å². The Kier molecular flexibility index (Phi) is 7.68. The van der Waals surface area contributed by atoms with Gasteiger partial charge in [0.05, 0.1) is 0 Å². The van der Waals surface area contributed by atoms with Crippen LogP contribution in [0.3, 0.4) is 0 Å². The van der Waals surface area contributed by atoms with Crippen LogP contribution in [-0.2, 0) is 3.79 Å². The van der Waals surface area contributed by atoms with Gasteiger partial charge in [0.2, 0.25) is 3.79 Å². The number of anilines is 3. The standard InChI is InChI=1S/C19H15Cl6NSi2/c20-19(21,22)13-1-3-14(4-2-13)26(15-5-9-17(27-23)10-6-15)16-7-11-18(12-8-16)28(24)25/h1-12,28H,27H2. The summed E-state index contributed by atoms with van der Waals surface area (Å²) < 4.78 is -1.46. The van der Waals surface area contributed by atoms with Gasteiger partial charge in [-0.25, -0.2) is 0 Å². The van der Waals surface area contributed by atoms with Gasteiger partial charge >= 0.3 is 0 Å². The van der Waals surface area contributed by atoms with Crippen LogP contribution < -0.4 is 15.3 Å². The second-order valence-corrected chi connectivity index (χ2v) is 14.8. The molecule has 3 rings (SSSR count). The Balaban J connectivity index is 2.05. The van der Waals surface area contributed by atoms with Gasteiger partial charge in [0.25, 0.3) is 7.42 Å². The lowest BCUT2D eigenvalue weighted by Gasteiger charge is -2.26. The molecule has 3 aromatic rings. The van der Waals surface area contributed by atoms with E-state index in [1.54, 1.807) is 0 Å². The first-order chi connectivity index (χ1) is 13.3. The first-order valence-corrected chi connectivity index (χ1v) is 16.3. The largest absolute Gasteiger partial charge is 0.311 e. The third kappa shape index (κ3) is 5.41. The number of alkyl halides is 3. The molecule has 0 bridgehead atoms. The van der Waals surface area contributed by atoms with E-state index in [1.807, 2.05) is 48.5 Å². The second kappa shape index (κ2) is 9.63. The van der Waals surface area contributed by atoms with Gasteiger partial charge in [0, 0.05) is 22.6 Å². The maximum atomic E-state index is 6.11. The van der Waals surface area contributed by atoms with Gasteiger partial charge in [0.15, 0.2) is 8.83 Å². The minimum Gasteiger partial charge on any atom is -0.311 e. The van der Waals surface area contributed by atoms with E-state index in [0.29, 0.717) is 5.56 Å². The van der Waals surface area contributed by atoms with Crippen LogP contribution in [-0.4, -0.2) is 16.2 Å². The van der Waals surface area contributed by atoms with Crippen molar-refractivity contribution < 1.29 is 0 Å². The van der Waals surface area contributed by atoms with E-state index in [9.17, 15) is 0 Å². The quantitative estimate of drug-likeness (QED) is 0.230. The summed E-state index contributed by atoms with van der Waals surface area (Å²) in [6, 6.07) is 23.7. The fraction of sp³-hybridized carbons (Fsp3) is 0.0526. The number of hydrogen-bond acceptors (Lipinski definition) is 1. The average Bonchev–Trinajstić information content (AvgIpc) is 2.69. The summed E-state index contributed by atoms with van der Waals surface area (Å²) in [6.07, 6.45) is 0. The summed E-state index contributed by atoms with van der Waals surface area (Å²) in [5.74, 6) is 0. The van der Waals surface area contributed by atoms with E-state index in [-0.39, 0.29) is 0 Å². The van der Waals surface area contributed by atoms with Crippen LogP contribution >= 0.6 is 68.0 Å². The Hall–Kier alpha value is -0.366. The zero-order valence-electron chi connectivity index (χ0n) is 14.4. The molecule has 0 aromatic heterocycles. The van der Waals surface area contributed by atoms with Crippen molar-refractivity contribution in [3.63, 3.8) is 0 Å². The molecule has 1 nitrogen and oxygen atoms in total. The molecule has 3 aromatic carbocycles. The maximum Gasteiger partial charge on any atom is 0.266 e. The molecule has 0 saturated heterocycles. The number of benzene rings is 3. The van der Waals surface area contributed by atoms with E-state index < -0.39 is 20.0 Å². The molecule has 0 aliphatic carbocycles. The van der Waals surface area contributed by atoms with Gasteiger partial charge in [-0.2, -0.15) is 11.1 Å². The van der Waals surface area contributed by atoms with Crippen LogP contribution in [0, 0.1) is 0 Å². The van der Waals surface area contributed by atoms with Crippen molar-refractivity contribution in [2.45, 2.75) is 3.79 Å². The van der Waals surface area contributed by atoms with Crippen molar-refractivity contribution >= 4 is 112 Å². The van der Waals surface area contributed by atoms with E-state index in [1.165, 1.54) is 5.19 Å². The van der Waals surface area contributed by atoms with Crippen LogP contribution in [0.4, 0.5) is 17.1 Å².